The molecule has 0 aliphatic carbocycles. The van der Waals surface area contributed by atoms with Gasteiger partial charge in [-0.25, -0.2) is 0 Å². The van der Waals surface area contributed by atoms with E-state index in [-0.39, 0.29) is 74.2 Å². The number of benzene rings is 2. The molecule has 0 saturated heterocycles. The van der Waals surface area contributed by atoms with E-state index >= 15 is 35.1 Å². The molecule has 4 N–H and O–H groups in total. The summed E-state index contributed by atoms with van der Waals surface area (Å²) in [4.78, 5) is 0. The molecule has 334 valence electrons. The number of nitrogens with two attached hydrogens (primary N) is 2. The minimum absolute atomic E-state index is 0.0199. The van der Waals surface area contributed by atoms with Crippen LogP contribution in [0.1, 0.15) is 112 Å². The van der Waals surface area contributed by atoms with Crippen molar-refractivity contribution in [3.05, 3.63) is 57.6 Å². The third kappa shape index (κ3) is 7.20. The molecule has 0 radical (unpaired) electrons. The zero-order valence-corrected chi connectivity index (χ0v) is 31.4. The summed E-state index contributed by atoms with van der Waals surface area (Å²) in [5.41, 5.74) is 4.16. The Morgan fingerprint density at radius 2 is 0.621 bits per heavy atom. The molecule has 0 bridgehead atoms. The maximum atomic E-state index is 15.3. The fraction of sp³-hybridized carbons (Fsp3) is 0.667. The molecule has 0 spiro atoms. The van der Waals surface area contributed by atoms with Crippen LogP contribution in [0.5, 0.6) is 0 Å². The van der Waals surface area contributed by atoms with E-state index in [1.807, 2.05) is 0 Å². The third-order valence-corrected chi connectivity index (χ3v) is 10.2. The average Bonchev–Trinajstić information content (AvgIpc) is 3.11. The molecule has 2 aromatic rings. The minimum atomic E-state index is -9.13. The lowest BCUT2D eigenvalue weighted by atomic mass is 9.82. The lowest BCUT2D eigenvalue weighted by Crippen LogP contribution is -2.76. The molecule has 22 heteroatoms. The number of anilines is 2. The van der Waals surface area contributed by atoms with Crippen LogP contribution < -0.4 is 11.5 Å². The number of halogens is 20. The number of hydrogen-bond donors (Lipinski definition) is 2. The van der Waals surface area contributed by atoms with Crippen molar-refractivity contribution in [2.45, 2.75) is 151 Å². The predicted octanol–water partition coefficient (Wildman–Crippen LogP) is 13.7. The van der Waals surface area contributed by atoms with Gasteiger partial charge in [-0.2, -0.15) is 87.8 Å². The van der Waals surface area contributed by atoms with Crippen LogP contribution in [0.3, 0.4) is 0 Å². The van der Waals surface area contributed by atoms with Gasteiger partial charge in [0.15, 0.2) is 0 Å². The van der Waals surface area contributed by atoms with Crippen LogP contribution in [0.15, 0.2) is 24.3 Å². The number of rotatable bonds is 19. The summed E-state index contributed by atoms with van der Waals surface area (Å²) in [6.45, 7) is 7.93. The average molecular weight is 881 g/mol. The first kappa shape index (κ1) is 50.8. The molecule has 0 aromatic heterocycles. The topological polar surface area (TPSA) is 52.0 Å². The normalized spacial score (nSPS) is 15.8. The number of alkyl halides is 20. The quantitative estimate of drug-likeness (QED) is 0.109. The highest BCUT2D eigenvalue weighted by molar-refractivity contribution is 5.59. The van der Waals surface area contributed by atoms with Crippen LogP contribution in [-0.2, 0) is 24.7 Å². The molecular formula is C36H40F20N2. The molecule has 2 unspecified atom stereocenters. The molecule has 2 atom stereocenters. The molecule has 0 heterocycles. The Bertz CT molecular complexity index is 1640. The highest BCUT2D eigenvalue weighted by atomic mass is 19.4. The summed E-state index contributed by atoms with van der Waals surface area (Å²) in [5, 5.41) is 0. The van der Waals surface area contributed by atoms with Crippen molar-refractivity contribution in [2.24, 2.45) is 0 Å². The first-order chi connectivity index (χ1) is 25.9. The zero-order valence-electron chi connectivity index (χ0n) is 31.4. The Hall–Kier alpha value is -3.36. The smallest absolute Gasteiger partial charge is 0.385 e. The Kier molecular flexibility index (Phi) is 13.9. The van der Waals surface area contributed by atoms with Crippen LogP contribution in [0.25, 0.3) is 0 Å². The van der Waals surface area contributed by atoms with Crippen LogP contribution >= 0.6 is 0 Å². The van der Waals surface area contributed by atoms with Crippen molar-refractivity contribution in [2.75, 3.05) is 11.5 Å². The summed E-state index contributed by atoms with van der Waals surface area (Å²) in [5.74, 6) is -85.2. The van der Waals surface area contributed by atoms with Gasteiger partial charge in [0.05, 0.1) is 0 Å². The van der Waals surface area contributed by atoms with Crippen molar-refractivity contribution in [1.29, 1.82) is 0 Å². The molecule has 58 heavy (non-hydrogen) atoms. The first-order valence-corrected chi connectivity index (χ1v) is 17.5. The number of nitrogen functional groups attached to an aromatic ring is 2. The second-order valence-corrected chi connectivity index (χ2v) is 14.1. The van der Waals surface area contributed by atoms with Crippen molar-refractivity contribution < 1.29 is 87.8 Å². The monoisotopic (exact) mass is 880 g/mol. The zero-order chi connectivity index (χ0) is 45.8. The molecule has 0 fully saturated rings. The lowest BCUT2D eigenvalue weighted by molar-refractivity contribution is -0.470. The van der Waals surface area contributed by atoms with Gasteiger partial charge < -0.3 is 11.5 Å². The van der Waals surface area contributed by atoms with E-state index in [1.165, 1.54) is 41.5 Å². The van der Waals surface area contributed by atoms with E-state index in [0.717, 1.165) is 0 Å². The van der Waals surface area contributed by atoms with Crippen LogP contribution in [-0.4, -0.2) is 47.4 Å². The van der Waals surface area contributed by atoms with Gasteiger partial charge in [-0.15, -0.1) is 0 Å². The van der Waals surface area contributed by atoms with Gasteiger partial charge in [0.1, 0.15) is 0 Å². The second-order valence-electron chi connectivity index (χ2n) is 14.1. The van der Waals surface area contributed by atoms with Gasteiger partial charge in [-0.05, 0) is 84.0 Å². The molecule has 0 aliphatic heterocycles. The Balaban J connectivity index is 2.84. The Morgan fingerprint density at radius 1 is 0.397 bits per heavy atom. The molecule has 0 aliphatic rings. The molecular weight excluding hydrogens is 840 g/mol. The Labute approximate surface area is 319 Å². The fourth-order valence-corrected chi connectivity index (χ4v) is 5.99. The van der Waals surface area contributed by atoms with Gasteiger partial charge in [-0.1, -0.05) is 54.4 Å². The van der Waals surface area contributed by atoms with Gasteiger partial charge in [0.2, 0.25) is 0 Å². The van der Waals surface area contributed by atoms with Crippen molar-refractivity contribution >= 4 is 11.4 Å². The van der Waals surface area contributed by atoms with E-state index in [9.17, 15) is 52.7 Å². The highest BCUT2D eigenvalue weighted by Crippen LogP contribution is 2.67. The van der Waals surface area contributed by atoms with E-state index < -0.39 is 104 Å². The molecule has 0 amide bonds. The fourth-order valence-electron chi connectivity index (χ4n) is 5.99. The van der Waals surface area contributed by atoms with Crippen molar-refractivity contribution in [3.63, 3.8) is 0 Å². The summed E-state index contributed by atoms with van der Waals surface area (Å²) in [6, 6.07) is -0.164. The largest absolute Gasteiger partial charge is 0.398 e. The van der Waals surface area contributed by atoms with Crippen LogP contribution in [0.4, 0.5) is 99.2 Å². The van der Waals surface area contributed by atoms with Crippen LogP contribution in [0.2, 0.25) is 0 Å². The SMILES string of the molecule is CCCc1cc(C(F)(F)C(F)(F)C(F)(F)C(F)(F)C(F)(F)C(F)(F)C(F)(F)C(F)(F)C(F)(F)C(F)(F)c2cc(CCC)c(N)c(C(C)CC)c2)cc(C(C)CC)c1N. The van der Waals surface area contributed by atoms with E-state index in [4.69, 9.17) is 11.5 Å². The molecule has 2 rings (SSSR count). The predicted molar refractivity (Wildman–Crippen MR) is 174 cm³/mol. The highest BCUT2D eigenvalue weighted by Gasteiger charge is 2.97. The van der Waals surface area contributed by atoms with Gasteiger partial charge in [0, 0.05) is 22.5 Å². The summed E-state index contributed by atoms with van der Waals surface area (Å²) < 4.78 is 300. The lowest BCUT2D eigenvalue weighted by Gasteiger charge is -2.45. The first-order valence-electron chi connectivity index (χ1n) is 17.5. The maximum Gasteiger partial charge on any atom is 0.385 e. The molecule has 2 nitrogen and oxygen atoms in total. The maximum absolute atomic E-state index is 15.3. The second kappa shape index (κ2) is 15.9. The van der Waals surface area contributed by atoms with Gasteiger partial charge >= 0.3 is 59.2 Å². The minimum Gasteiger partial charge on any atom is -0.398 e. The van der Waals surface area contributed by atoms with Crippen LogP contribution in [0, 0.1) is 0 Å². The van der Waals surface area contributed by atoms with E-state index in [2.05, 4.69) is 0 Å². The van der Waals surface area contributed by atoms with Gasteiger partial charge in [-0.3, -0.25) is 0 Å². The molecule has 0 saturated carbocycles. The van der Waals surface area contributed by atoms with Crippen molar-refractivity contribution in [1.82, 2.24) is 0 Å². The van der Waals surface area contributed by atoms with Gasteiger partial charge in [0.25, 0.3) is 0 Å². The number of aryl methyl sites for hydroxylation is 2. The molecule has 2 aromatic carbocycles. The van der Waals surface area contributed by atoms with E-state index in [0.29, 0.717) is 0 Å². The third-order valence-electron chi connectivity index (χ3n) is 10.2. The summed E-state index contributed by atoms with van der Waals surface area (Å²) >= 11 is 0. The summed E-state index contributed by atoms with van der Waals surface area (Å²) in [7, 11) is 0. The standard InChI is InChI=1S/C36H40F20N2/c1-7-11-19-13-21(15-23(25(19)57)17(5)9-3)27(37,38)29(41,42)31(45,46)33(49,50)35(53,54)36(55,56)34(51,52)32(47,48)30(43,44)28(39,40)22-14-20(12-8-2)26(58)24(16-22)18(6)10-4/h13-18H,7-12,57-58H2,1-6H3. The summed E-state index contributed by atoms with van der Waals surface area (Å²) in [6.07, 6.45) is -0.863. The van der Waals surface area contributed by atoms with Crippen molar-refractivity contribution in [3.8, 4) is 0 Å². The number of hydrogen-bond acceptors (Lipinski definition) is 2. The Morgan fingerprint density at radius 3 is 0.828 bits per heavy atom. The van der Waals surface area contributed by atoms with E-state index in [1.54, 1.807) is 0 Å².